The summed E-state index contributed by atoms with van der Waals surface area (Å²) in [5.41, 5.74) is -0.0900. The lowest BCUT2D eigenvalue weighted by Gasteiger charge is -2.36. The number of amides is 1. The van der Waals surface area contributed by atoms with Gasteiger partial charge in [0.2, 0.25) is 5.91 Å². The lowest BCUT2D eigenvalue weighted by atomic mass is 10.2. The maximum atomic E-state index is 12.6. The number of carbonyl (C=O) groups excluding carboxylic acids is 1. The SMILES string of the molecule is C=CC(=O)N1CCN(c2ccnnc2Nc2ccc(C(F)(F)F)cn2)CC1. The highest BCUT2D eigenvalue weighted by Gasteiger charge is 2.30. The summed E-state index contributed by atoms with van der Waals surface area (Å²) in [7, 11) is 0. The molecular formula is C17H17F3N6O. The van der Waals surface area contributed by atoms with Crippen molar-refractivity contribution in [1.29, 1.82) is 0 Å². The molecule has 3 heterocycles. The minimum absolute atomic E-state index is 0.116. The fourth-order valence-corrected chi connectivity index (χ4v) is 2.72. The number of carbonyl (C=O) groups is 1. The van der Waals surface area contributed by atoms with E-state index in [2.05, 4.69) is 27.1 Å². The van der Waals surface area contributed by atoms with Crippen LogP contribution in [0.5, 0.6) is 0 Å². The van der Waals surface area contributed by atoms with E-state index < -0.39 is 11.7 Å². The number of pyridine rings is 1. The predicted octanol–water partition coefficient (Wildman–Crippen LogP) is 2.47. The first-order chi connectivity index (χ1) is 12.9. The molecule has 0 saturated carbocycles. The first-order valence-electron chi connectivity index (χ1n) is 8.17. The number of nitrogens with one attached hydrogen (secondary N) is 1. The zero-order chi connectivity index (χ0) is 19.4. The Bertz CT molecular complexity index is 816. The minimum Gasteiger partial charge on any atom is -0.365 e. The van der Waals surface area contributed by atoms with Crippen LogP contribution >= 0.6 is 0 Å². The summed E-state index contributed by atoms with van der Waals surface area (Å²) in [6, 6.07) is 3.94. The average molecular weight is 378 g/mol. The quantitative estimate of drug-likeness (QED) is 0.824. The van der Waals surface area contributed by atoms with Gasteiger partial charge in [-0.25, -0.2) is 4.98 Å². The number of rotatable bonds is 4. The lowest BCUT2D eigenvalue weighted by molar-refractivity contribution is -0.137. The highest BCUT2D eigenvalue weighted by molar-refractivity contribution is 5.87. The fraction of sp³-hybridized carbons (Fsp3) is 0.294. The number of hydrogen-bond donors (Lipinski definition) is 1. The molecule has 0 spiro atoms. The van der Waals surface area contributed by atoms with Crippen molar-refractivity contribution >= 4 is 23.2 Å². The molecule has 0 aromatic carbocycles. The van der Waals surface area contributed by atoms with Gasteiger partial charge in [-0.1, -0.05) is 6.58 Å². The second-order valence-corrected chi connectivity index (χ2v) is 5.84. The van der Waals surface area contributed by atoms with Crippen molar-refractivity contribution in [3.63, 3.8) is 0 Å². The molecule has 2 aromatic rings. The van der Waals surface area contributed by atoms with E-state index in [4.69, 9.17) is 0 Å². The van der Waals surface area contributed by atoms with Crippen molar-refractivity contribution in [3.8, 4) is 0 Å². The maximum Gasteiger partial charge on any atom is 0.417 e. The highest BCUT2D eigenvalue weighted by atomic mass is 19.4. The molecule has 1 aliphatic heterocycles. The molecule has 0 atom stereocenters. The summed E-state index contributed by atoms with van der Waals surface area (Å²) in [5.74, 6) is 0.494. The molecule has 10 heteroatoms. The van der Waals surface area contributed by atoms with E-state index in [0.29, 0.717) is 32.0 Å². The number of halogens is 3. The van der Waals surface area contributed by atoms with Crippen LogP contribution in [0, 0.1) is 0 Å². The molecule has 1 amide bonds. The third-order valence-electron chi connectivity index (χ3n) is 4.14. The van der Waals surface area contributed by atoms with Crippen LogP contribution < -0.4 is 10.2 Å². The van der Waals surface area contributed by atoms with E-state index in [1.807, 2.05) is 4.90 Å². The third-order valence-corrected chi connectivity index (χ3v) is 4.14. The van der Waals surface area contributed by atoms with E-state index in [-0.39, 0.29) is 11.7 Å². The highest BCUT2D eigenvalue weighted by Crippen LogP contribution is 2.30. The molecule has 1 fully saturated rings. The number of aromatic nitrogens is 3. The summed E-state index contributed by atoms with van der Waals surface area (Å²) >= 11 is 0. The van der Waals surface area contributed by atoms with Crippen molar-refractivity contribution in [3.05, 3.63) is 48.8 Å². The largest absolute Gasteiger partial charge is 0.417 e. The van der Waals surface area contributed by atoms with Gasteiger partial charge in [0.25, 0.3) is 0 Å². The molecule has 27 heavy (non-hydrogen) atoms. The predicted molar refractivity (Wildman–Crippen MR) is 93.5 cm³/mol. The fourth-order valence-electron chi connectivity index (χ4n) is 2.72. The van der Waals surface area contributed by atoms with E-state index in [1.165, 1.54) is 18.3 Å². The van der Waals surface area contributed by atoms with Crippen LogP contribution in [-0.4, -0.2) is 52.2 Å². The first-order valence-corrected chi connectivity index (χ1v) is 8.17. The van der Waals surface area contributed by atoms with Gasteiger partial charge in [0.1, 0.15) is 5.82 Å². The van der Waals surface area contributed by atoms with Crippen LogP contribution in [-0.2, 0) is 11.0 Å². The molecule has 7 nitrogen and oxygen atoms in total. The van der Waals surface area contributed by atoms with E-state index in [1.54, 1.807) is 11.0 Å². The molecule has 0 unspecified atom stereocenters. The topological polar surface area (TPSA) is 74.2 Å². The van der Waals surface area contributed by atoms with Gasteiger partial charge in [0.15, 0.2) is 5.82 Å². The number of hydrogen-bond acceptors (Lipinski definition) is 6. The molecule has 142 valence electrons. The Morgan fingerprint density at radius 3 is 2.52 bits per heavy atom. The van der Waals surface area contributed by atoms with Gasteiger partial charge >= 0.3 is 6.18 Å². The van der Waals surface area contributed by atoms with E-state index in [9.17, 15) is 18.0 Å². The van der Waals surface area contributed by atoms with Gasteiger partial charge in [-0.3, -0.25) is 4.79 Å². The van der Waals surface area contributed by atoms with Crippen molar-refractivity contribution in [1.82, 2.24) is 20.1 Å². The molecule has 0 bridgehead atoms. The molecule has 1 aliphatic rings. The Kier molecular flexibility index (Phi) is 5.24. The maximum absolute atomic E-state index is 12.6. The molecule has 3 rings (SSSR count). The Morgan fingerprint density at radius 1 is 1.19 bits per heavy atom. The van der Waals surface area contributed by atoms with Gasteiger partial charge in [-0.2, -0.15) is 18.3 Å². The zero-order valence-corrected chi connectivity index (χ0v) is 14.3. The molecule has 2 aromatic heterocycles. The standard InChI is InChI=1S/C17H17F3N6O/c1-2-15(27)26-9-7-25(8-10-26)13-5-6-22-24-16(13)23-14-4-3-12(11-21-14)17(18,19)20/h2-6,11H,1,7-10H2,(H,21,23,24). The summed E-state index contributed by atoms with van der Waals surface area (Å²) in [5, 5.41) is 10.8. The van der Waals surface area contributed by atoms with Gasteiger partial charge in [0.05, 0.1) is 17.4 Å². The van der Waals surface area contributed by atoms with Crippen LogP contribution in [0.25, 0.3) is 0 Å². The number of piperazine rings is 1. The van der Waals surface area contributed by atoms with Crippen molar-refractivity contribution < 1.29 is 18.0 Å². The molecule has 1 N–H and O–H groups in total. The van der Waals surface area contributed by atoms with E-state index in [0.717, 1.165) is 18.0 Å². The van der Waals surface area contributed by atoms with Gasteiger partial charge in [-0.05, 0) is 24.3 Å². The van der Waals surface area contributed by atoms with Gasteiger partial charge in [0, 0.05) is 32.4 Å². The van der Waals surface area contributed by atoms with Crippen LogP contribution in [0.4, 0.5) is 30.5 Å². The van der Waals surface area contributed by atoms with Crippen LogP contribution in [0.2, 0.25) is 0 Å². The second kappa shape index (κ2) is 7.60. The molecule has 1 saturated heterocycles. The van der Waals surface area contributed by atoms with Crippen molar-refractivity contribution in [2.45, 2.75) is 6.18 Å². The summed E-state index contributed by atoms with van der Waals surface area (Å²) in [6.45, 7) is 5.72. The molecular weight excluding hydrogens is 361 g/mol. The van der Waals surface area contributed by atoms with Crippen LogP contribution in [0.15, 0.2) is 43.2 Å². The van der Waals surface area contributed by atoms with Crippen LogP contribution in [0.1, 0.15) is 5.56 Å². The zero-order valence-electron chi connectivity index (χ0n) is 14.3. The Balaban J connectivity index is 1.73. The monoisotopic (exact) mass is 378 g/mol. The number of alkyl halides is 3. The van der Waals surface area contributed by atoms with Crippen molar-refractivity contribution in [2.75, 3.05) is 36.4 Å². The normalized spacial score (nSPS) is 14.8. The summed E-state index contributed by atoms with van der Waals surface area (Å²) < 4.78 is 37.9. The summed E-state index contributed by atoms with van der Waals surface area (Å²) in [4.78, 5) is 19.2. The number of nitrogens with zero attached hydrogens (tertiary/aromatic N) is 5. The second-order valence-electron chi connectivity index (χ2n) is 5.84. The van der Waals surface area contributed by atoms with Gasteiger partial charge < -0.3 is 15.1 Å². The first kappa shape index (κ1) is 18.6. The Labute approximate surface area is 153 Å². The van der Waals surface area contributed by atoms with Crippen LogP contribution in [0.3, 0.4) is 0 Å². The molecule has 0 aliphatic carbocycles. The number of anilines is 3. The summed E-state index contributed by atoms with van der Waals surface area (Å²) in [6.07, 6.45) is -0.862. The van der Waals surface area contributed by atoms with Gasteiger partial charge in [-0.15, -0.1) is 5.10 Å². The van der Waals surface area contributed by atoms with E-state index >= 15 is 0 Å². The minimum atomic E-state index is -4.44. The Hall–Kier alpha value is -3.17. The molecule has 0 radical (unpaired) electrons. The Morgan fingerprint density at radius 2 is 1.93 bits per heavy atom. The third kappa shape index (κ3) is 4.33. The average Bonchev–Trinajstić information content (AvgIpc) is 2.68. The van der Waals surface area contributed by atoms with Crippen molar-refractivity contribution in [2.24, 2.45) is 0 Å². The lowest BCUT2D eigenvalue weighted by Crippen LogP contribution is -2.48. The smallest absolute Gasteiger partial charge is 0.365 e.